The van der Waals surface area contributed by atoms with E-state index in [2.05, 4.69) is 16.9 Å². The van der Waals surface area contributed by atoms with Crippen LogP contribution in [0.15, 0.2) is 12.4 Å². The molecule has 6 heteroatoms. The number of carboxylic acid groups (broad SMARTS) is 1. The summed E-state index contributed by atoms with van der Waals surface area (Å²) in [7, 11) is 0. The van der Waals surface area contributed by atoms with Gasteiger partial charge < -0.3 is 14.7 Å². The van der Waals surface area contributed by atoms with E-state index in [1.54, 1.807) is 17.3 Å². The number of ether oxygens (including phenoxy) is 1. The van der Waals surface area contributed by atoms with E-state index in [0.29, 0.717) is 5.88 Å². The van der Waals surface area contributed by atoms with E-state index in [4.69, 9.17) is 4.74 Å². The Morgan fingerprint density at radius 2 is 2.05 bits per heavy atom. The molecule has 1 N–H and O–H groups in total. The van der Waals surface area contributed by atoms with Crippen LogP contribution >= 0.6 is 0 Å². The maximum absolute atomic E-state index is 11.3. The second-order valence-corrected chi connectivity index (χ2v) is 6.24. The monoisotopic (exact) mass is 305 g/mol. The lowest BCUT2D eigenvalue weighted by molar-refractivity contribution is 0.0475. The molecule has 0 saturated carbocycles. The molecule has 3 rings (SSSR count). The number of fused-ring (bicyclic) bond motifs is 2. The summed E-state index contributed by atoms with van der Waals surface area (Å²) >= 11 is 0. The Morgan fingerprint density at radius 1 is 1.32 bits per heavy atom. The van der Waals surface area contributed by atoms with Gasteiger partial charge in [-0.25, -0.2) is 9.78 Å². The van der Waals surface area contributed by atoms with Gasteiger partial charge in [-0.2, -0.15) is 0 Å². The van der Waals surface area contributed by atoms with Gasteiger partial charge in [0.2, 0.25) is 5.88 Å². The first-order valence-corrected chi connectivity index (χ1v) is 8.16. The summed E-state index contributed by atoms with van der Waals surface area (Å²) in [6, 6.07) is 0.191. The zero-order valence-corrected chi connectivity index (χ0v) is 12.9. The number of unbranched alkanes of at least 4 members (excludes halogenated alkanes) is 1. The van der Waals surface area contributed by atoms with Crippen molar-refractivity contribution in [3.8, 4) is 5.88 Å². The van der Waals surface area contributed by atoms with Gasteiger partial charge in [0.05, 0.1) is 18.1 Å². The van der Waals surface area contributed by atoms with E-state index in [-0.39, 0.29) is 18.2 Å². The molecule has 1 aromatic heterocycles. The van der Waals surface area contributed by atoms with Gasteiger partial charge in [-0.15, -0.1) is 0 Å². The molecule has 1 amide bonds. The van der Waals surface area contributed by atoms with Crippen LogP contribution in [0.2, 0.25) is 0 Å². The summed E-state index contributed by atoms with van der Waals surface area (Å²) in [6.07, 6.45) is 9.32. The number of carbonyl (C=O) groups is 1. The van der Waals surface area contributed by atoms with Gasteiger partial charge in [-0.1, -0.05) is 13.3 Å². The summed E-state index contributed by atoms with van der Waals surface area (Å²) < 4.78 is 5.93. The fraction of sp³-hybridized carbons (Fsp3) is 0.688. The molecule has 22 heavy (non-hydrogen) atoms. The van der Waals surface area contributed by atoms with Gasteiger partial charge in [0.1, 0.15) is 6.10 Å². The lowest BCUT2D eigenvalue weighted by Gasteiger charge is -2.36. The highest BCUT2D eigenvalue weighted by Gasteiger charge is 2.44. The zero-order valence-electron chi connectivity index (χ0n) is 12.9. The summed E-state index contributed by atoms with van der Waals surface area (Å²) in [5.41, 5.74) is 0.995. The van der Waals surface area contributed by atoms with Crippen molar-refractivity contribution in [1.29, 1.82) is 0 Å². The Morgan fingerprint density at radius 3 is 2.59 bits per heavy atom. The van der Waals surface area contributed by atoms with Gasteiger partial charge in [0.25, 0.3) is 0 Å². The molecule has 2 saturated heterocycles. The predicted octanol–water partition coefficient (Wildman–Crippen LogP) is 2.87. The Hall–Kier alpha value is -1.85. The number of rotatable bonds is 5. The molecule has 0 unspecified atom stereocenters. The minimum atomic E-state index is -0.800. The van der Waals surface area contributed by atoms with E-state index >= 15 is 0 Å². The van der Waals surface area contributed by atoms with Gasteiger partial charge in [0.15, 0.2) is 0 Å². The molecule has 3 atom stereocenters. The predicted molar refractivity (Wildman–Crippen MR) is 81.0 cm³/mol. The molecule has 0 radical (unpaired) electrons. The van der Waals surface area contributed by atoms with Gasteiger partial charge in [0, 0.05) is 24.9 Å². The molecule has 0 aromatic carbocycles. The first-order chi connectivity index (χ1) is 10.7. The Balaban J connectivity index is 1.57. The maximum Gasteiger partial charge on any atom is 0.407 e. The zero-order chi connectivity index (χ0) is 15.5. The van der Waals surface area contributed by atoms with Crippen LogP contribution < -0.4 is 4.74 Å². The van der Waals surface area contributed by atoms with Crippen molar-refractivity contribution in [2.45, 2.75) is 70.1 Å². The van der Waals surface area contributed by atoms with Crippen LogP contribution in [0.1, 0.15) is 51.1 Å². The third-order valence-corrected chi connectivity index (χ3v) is 4.67. The third kappa shape index (κ3) is 3.15. The van der Waals surface area contributed by atoms with Crippen LogP contribution in [0.4, 0.5) is 4.79 Å². The van der Waals surface area contributed by atoms with Crippen LogP contribution in [0, 0.1) is 0 Å². The second-order valence-electron chi connectivity index (χ2n) is 6.24. The standard InChI is InChI=1S/C16H23N3O3/c1-2-3-4-11-9-18-15(10-17-11)22-14-7-12-5-6-13(8-14)19(12)16(20)21/h9-10,12-14H,2-8H2,1H3,(H,20,21)/t12-,13+,14+. The minimum absolute atomic E-state index is 0.0453. The SMILES string of the molecule is CCCCc1cnc(O[C@H]2C[C@H]3CC[C@@H](C2)N3C(=O)O)cn1. The maximum atomic E-state index is 11.3. The fourth-order valence-corrected chi connectivity index (χ4v) is 3.60. The van der Waals surface area contributed by atoms with Crippen molar-refractivity contribution in [3.05, 3.63) is 18.1 Å². The molecular formula is C16H23N3O3. The van der Waals surface area contributed by atoms with Crippen LogP contribution in [0.25, 0.3) is 0 Å². The van der Waals surface area contributed by atoms with E-state index < -0.39 is 6.09 Å². The summed E-state index contributed by atoms with van der Waals surface area (Å²) in [5.74, 6) is 0.549. The summed E-state index contributed by atoms with van der Waals surface area (Å²) in [6.45, 7) is 2.16. The highest BCUT2D eigenvalue weighted by molar-refractivity contribution is 5.66. The van der Waals surface area contributed by atoms with Crippen LogP contribution in [0.3, 0.4) is 0 Å². The Bertz CT molecular complexity index is 506. The minimum Gasteiger partial charge on any atom is -0.473 e. The molecule has 2 bridgehead atoms. The normalized spacial score (nSPS) is 27.0. The van der Waals surface area contributed by atoms with Crippen molar-refractivity contribution in [2.75, 3.05) is 0 Å². The molecule has 2 fully saturated rings. The highest BCUT2D eigenvalue weighted by atomic mass is 16.5. The van der Waals surface area contributed by atoms with Gasteiger partial charge in [-0.05, 0) is 25.7 Å². The van der Waals surface area contributed by atoms with E-state index in [1.807, 2.05) is 0 Å². The smallest absolute Gasteiger partial charge is 0.407 e. The molecule has 0 spiro atoms. The molecule has 1 aromatic rings. The first-order valence-electron chi connectivity index (χ1n) is 8.16. The second kappa shape index (κ2) is 6.50. The van der Waals surface area contributed by atoms with Crippen LogP contribution in [-0.4, -0.2) is 44.3 Å². The molecule has 2 aliphatic heterocycles. The Labute approximate surface area is 130 Å². The van der Waals surface area contributed by atoms with Crippen molar-refractivity contribution >= 4 is 6.09 Å². The number of hydrogen-bond donors (Lipinski definition) is 1. The average molecular weight is 305 g/mol. The Kier molecular flexibility index (Phi) is 4.45. The van der Waals surface area contributed by atoms with Crippen molar-refractivity contribution < 1.29 is 14.6 Å². The van der Waals surface area contributed by atoms with Crippen molar-refractivity contribution in [3.63, 3.8) is 0 Å². The number of piperidine rings is 1. The molecule has 120 valence electrons. The molecular weight excluding hydrogens is 282 g/mol. The number of aromatic nitrogens is 2. The number of aryl methyl sites for hydroxylation is 1. The highest BCUT2D eigenvalue weighted by Crippen LogP contribution is 2.36. The molecule has 3 heterocycles. The molecule has 0 aliphatic carbocycles. The van der Waals surface area contributed by atoms with Crippen LogP contribution in [-0.2, 0) is 6.42 Å². The average Bonchev–Trinajstić information content (AvgIpc) is 2.79. The van der Waals surface area contributed by atoms with Gasteiger partial charge in [-0.3, -0.25) is 4.98 Å². The van der Waals surface area contributed by atoms with Crippen LogP contribution in [0.5, 0.6) is 5.88 Å². The number of amides is 1. The number of hydrogen-bond acceptors (Lipinski definition) is 4. The molecule has 2 aliphatic rings. The third-order valence-electron chi connectivity index (χ3n) is 4.67. The lowest BCUT2D eigenvalue weighted by atomic mass is 10.0. The van der Waals surface area contributed by atoms with E-state index in [9.17, 15) is 9.90 Å². The van der Waals surface area contributed by atoms with Crippen molar-refractivity contribution in [2.24, 2.45) is 0 Å². The fourth-order valence-electron chi connectivity index (χ4n) is 3.60. The largest absolute Gasteiger partial charge is 0.473 e. The van der Waals surface area contributed by atoms with Gasteiger partial charge >= 0.3 is 6.09 Å². The molecule has 6 nitrogen and oxygen atoms in total. The quantitative estimate of drug-likeness (QED) is 0.905. The topological polar surface area (TPSA) is 75.5 Å². The van der Waals surface area contributed by atoms with E-state index in [0.717, 1.165) is 50.6 Å². The first kappa shape index (κ1) is 15.1. The van der Waals surface area contributed by atoms with Crippen molar-refractivity contribution in [1.82, 2.24) is 14.9 Å². The number of nitrogens with zero attached hydrogens (tertiary/aromatic N) is 3. The lowest BCUT2D eigenvalue weighted by Crippen LogP contribution is -2.48. The van der Waals surface area contributed by atoms with E-state index in [1.165, 1.54) is 0 Å². The summed E-state index contributed by atoms with van der Waals surface area (Å²) in [4.78, 5) is 21.6. The summed E-state index contributed by atoms with van der Waals surface area (Å²) in [5, 5.41) is 9.26.